The Morgan fingerprint density at radius 2 is 1.80 bits per heavy atom. The quantitative estimate of drug-likeness (QED) is 0.614. The molecule has 3 amide bonds. The second-order valence-electron chi connectivity index (χ2n) is 6.33. The van der Waals surface area contributed by atoms with Crippen molar-refractivity contribution in [1.29, 1.82) is 0 Å². The molecule has 0 atom stereocenters. The predicted molar refractivity (Wildman–Crippen MR) is 119 cm³/mol. The lowest BCUT2D eigenvalue weighted by Crippen LogP contribution is -2.37. The number of nitrogens with zero attached hydrogens (tertiary/aromatic N) is 1. The molecule has 1 aliphatic rings. The molecular formula is C21H18Cl2N2O4S. The van der Waals surface area contributed by atoms with Crippen LogP contribution in [0.3, 0.4) is 0 Å². The maximum atomic E-state index is 12.5. The molecule has 1 saturated heterocycles. The third-order valence-electron chi connectivity index (χ3n) is 4.34. The van der Waals surface area contributed by atoms with Crippen molar-refractivity contribution in [2.75, 3.05) is 20.2 Å². The topological polar surface area (TPSA) is 75.7 Å². The van der Waals surface area contributed by atoms with Crippen LogP contribution < -0.4 is 10.1 Å². The van der Waals surface area contributed by atoms with E-state index in [1.165, 1.54) is 0 Å². The third-order valence-corrected chi connectivity index (χ3v) is 5.96. The van der Waals surface area contributed by atoms with E-state index in [-0.39, 0.29) is 36.6 Å². The van der Waals surface area contributed by atoms with Crippen LogP contribution in [0.25, 0.3) is 6.08 Å². The summed E-state index contributed by atoms with van der Waals surface area (Å²) >= 11 is 13.0. The normalized spacial score (nSPS) is 15.0. The van der Waals surface area contributed by atoms with Crippen molar-refractivity contribution in [3.05, 3.63) is 68.5 Å². The number of hydrogen-bond acceptors (Lipinski definition) is 5. The first-order chi connectivity index (χ1) is 14.4. The molecule has 0 saturated carbocycles. The summed E-state index contributed by atoms with van der Waals surface area (Å²) in [6, 6.07) is 12.2. The molecule has 0 radical (unpaired) electrons. The van der Waals surface area contributed by atoms with Crippen LogP contribution in [0.5, 0.6) is 5.75 Å². The number of halogens is 2. The van der Waals surface area contributed by atoms with Gasteiger partial charge in [0, 0.05) is 23.1 Å². The maximum Gasteiger partial charge on any atom is 0.293 e. The molecule has 0 aromatic heterocycles. The van der Waals surface area contributed by atoms with Crippen LogP contribution >= 0.6 is 35.0 Å². The Hall–Kier alpha value is -2.48. The Balaban J connectivity index is 1.55. The summed E-state index contributed by atoms with van der Waals surface area (Å²) in [6.07, 6.45) is 1.67. The lowest BCUT2D eigenvalue weighted by atomic mass is 10.1. The number of amides is 3. The molecular weight excluding hydrogens is 447 g/mol. The maximum absolute atomic E-state index is 12.5. The molecule has 1 N–H and O–H groups in total. The number of hydrogen-bond donors (Lipinski definition) is 1. The summed E-state index contributed by atoms with van der Waals surface area (Å²) in [5.41, 5.74) is 1.32. The highest BCUT2D eigenvalue weighted by Crippen LogP contribution is 2.32. The van der Waals surface area contributed by atoms with Gasteiger partial charge >= 0.3 is 0 Å². The van der Waals surface area contributed by atoms with Gasteiger partial charge in [0.1, 0.15) is 5.75 Å². The standard InChI is InChI=1S/C21H18Cl2N2O4S/c1-29-14-7-5-13(6-8-14)11-18-20(27)25(21(28)30-18)10-9-24-19(26)12-15-16(22)3-2-4-17(15)23/h2-8,11H,9-10,12H2,1H3,(H,24,26)/b18-11+. The molecule has 6 nitrogen and oxygen atoms in total. The van der Waals surface area contributed by atoms with Gasteiger partial charge < -0.3 is 10.1 Å². The van der Waals surface area contributed by atoms with Gasteiger partial charge in [-0.2, -0.15) is 0 Å². The van der Waals surface area contributed by atoms with Gasteiger partial charge in [0.2, 0.25) is 5.91 Å². The van der Waals surface area contributed by atoms with Crippen LogP contribution in [0.15, 0.2) is 47.4 Å². The smallest absolute Gasteiger partial charge is 0.293 e. The fourth-order valence-corrected chi connectivity index (χ4v) is 4.17. The second kappa shape index (κ2) is 10.0. The molecule has 0 aliphatic carbocycles. The van der Waals surface area contributed by atoms with Gasteiger partial charge in [-0.15, -0.1) is 0 Å². The Kier molecular flexibility index (Phi) is 7.42. The zero-order valence-electron chi connectivity index (χ0n) is 16.0. The van der Waals surface area contributed by atoms with Gasteiger partial charge in [0.05, 0.1) is 18.4 Å². The highest BCUT2D eigenvalue weighted by Gasteiger charge is 2.34. The summed E-state index contributed by atoms with van der Waals surface area (Å²) in [5, 5.41) is 3.13. The molecule has 30 heavy (non-hydrogen) atoms. The summed E-state index contributed by atoms with van der Waals surface area (Å²) in [7, 11) is 1.57. The molecule has 2 aromatic carbocycles. The van der Waals surface area contributed by atoms with Crippen LogP contribution in [-0.4, -0.2) is 42.2 Å². The molecule has 1 fully saturated rings. The number of methoxy groups -OCH3 is 1. The molecule has 9 heteroatoms. The van der Waals surface area contributed by atoms with Crippen LogP contribution in [-0.2, 0) is 16.0 Å². The third kappa shape index (κ3) is 5.36. The lowest BCUT2D eigenvalue weighted by Gasteiger charge is -2.13. The Bertz CT molecular complexity index is 988. The van der Waals surface area contributed by atoms with E-state index in [4.69, 9.17) is 27.9 Å². The number of imide groups is 1. The molecule has 156 valence electrons. The minimum absolute atomic E-state index is 0.0117. The number of carbonyl (C=O) groups is 3. The van der Waals surface area contributed by atoms with Gasteiger partial charge in [-0.05, 0) is 53.2 Å². The minimum Gasteiger partial charge on any atom is -0.497 e. The fourth-order valence-electron chi connectivity index (χ4n) is 2.78. The SMILES string of the molecule is COc1ccc(/C=C2/SC(=O)N(CCNC(=O)Cc3c(Cl)cccc3Cl)C2=O)cc1. The average Bonchev–Trinajstić information content (AvgIpc) is 2.99. The van der Waals surface area contributed by atoms with Gasteiger partial charge in [0.15, 0.2) is 0 Å². The number of nitrogens with one attached hydrogen (secondary N) is 1. The van der Waals surface area contributed by atoms with Crippen LogP contribution in [0.4, 0.5) is 4.79 Å². The Morgan fingerprint density at radius 3 is 2.43 bits per heavy atom. The highest BCUT2D eigenvalue weighted by molar-refractivity contribution is 8.18. The van der Waals surface area contributed by atoms with Crippen LogP contribution in [0.2, 0.25) is 10.0 Å². The van der Waals surface area contributed by atoms with E-state index < -0.39 is 0 Å². The van der Waals surface area contributed by atoms with Crippen molar-refractivity contribution in [2.24, 2.45) is 0 Å². The molecule has 2 aromatic rings. The van der Waals surface area contributed by atoms with E-state index in [0.29, 0.717) is 26.3 Å². The first-order valence-corrected chi connectivity index (χ1v) is 10.6. The van der Waals surface area contributed by atoms with Gasteiger partial charge in [0.25, 0.3) is 11.1 Å². The van der Waals surface area contributed by atoms with Crippen molar-refractivity contribution < 1.29 is 19.1 Å². The zero-order chi connectivity index (χ0) is 21.7. The summed E-state index contributed by atoms with van der Waals surface area (Å²) < 4.78 is 5.10. The number of ether oxygens (including phenoxy) is 1. The molecule has 0 spiro atoms. The molecule has 1 heterocycles. The summed E-state index contributed by atoms with van der Waals surface area (Å²) in [6.45, 7) is 0.210. The van der Waals surface area contributed by atoms with Crippen molar-refractivity contribution in [1.82, 2.24) is 10.2 Å². The van der Waals surface area contributed by atoms with E-state index in [0.717, 1.165) is 22.2 Å². The van der Waals surface area contributed by atoms with Crippen LogP contribution in [0, 0.1) is 0 Å². The van der Waals surface area contributed by atoms with E-state index in [1.54, 1.807) is 55.7 Å². The van der Waals surface area contributed by atoms with Gasteiger partial charge in [-0.1, -0.05) is 41.4 Å². The first-order valence-electron chi connectivity index (χ1n) is 8.98. The van der Waals surface area contributed by atoms with Crippen molar-refractivity contribution >= 4 is 58.1 Å². The minimum atomic E-state index is -0.385. The molecule has 0 unspecified atom stereocenters. The summed E-state index contributed by atoms with van der Waals surface area (Å²) in [4.78, 5) is 38.4. The van der Waals surface area contributed by atoms with Crippen molar-refractivity contribution in [3.8, 4) is 5.75 Å². The van der Waals surface area contributed by atoms with E-state index in [2.05, 4.69) is 5.32 Å². The Morgan fingerprint density at radius 1 is 1.13 bits per heavy atom. The number of rotatable bonds is 7. The predicted octanol–water partition coefficient (Wildman–Crippen LogP) is 4.40. The second-order valence-corrected chi connectivity index (χ2v) is 8.14. The number of carbonyl (C=O) groups excluding carboxylic acids is 3. The largest absolute Gasteiger partial charge is 0.497 e. The van der Waals surface area contributed by atoms with Crippen molar-refractivity contribution in [3.63, 3.8) is 0 Å². The number of thioether (sulfide) groups is 1. The fraction of sp³-hybridized carbons (Fsp3) is 0.190. The average molecular weight is 465 g/mol. The van der Waals surface area contributed by atoms with Crippen LogP contribution in [0.1, 0.15) is 11.1 Å². The summed E-state index contributed by atoms with van der Waals surface area (Å²) in [5.74, 6) is 0.0176. The van der Waals surface area contributed by atoms with Gasteiger partial charge in [-0.3, -0.25) is 19.3 Å². The van der Waals surface area contributed by atoms with E-state index in [9.17, 15) is 14.4 Å². The van der Waals surface area contributed by atoms with E-state index in [1.807, 2.05) is 0 Å². The first kappa shape index (κ1) is 22.2. The number of benzene rings is 2. The molecule has 1 aliphatic heterocycles. The Labute approximate surface area is 188 Å². The molecule has 0 bridgehead atoms. The molecule has 3 rings (SSSR count). The van der Waals surface area contributed by atoms with E-state index >= 15 is 0 Å². The highest BCUT2D eigenvalue weighted by atomic mass is 35.5. The van der Waals surface area contributed by atoms with Gasteiger partial charge in [-0.25, -0.2) is 0 Å². The lowest BCUT2D eigenvalue weighted by molar-refractivity contribution is -0.124. The zero-order valence-corrected chi connectivity index (χ0v) is 18.3. The monoisotopic (exact) mass is 464 g/mol. The van der Waals surface area contributed by atoms with Crippen molar-refractivity contribution in [2.45, 2.75) is 6.42 Å².